The van der Waals surface area contributed by atoms with Crippen molar-refractivity contribution in [3.63, 3.8) is 0 Å². The molecule has 1 amide bonds. The zero-order chi connectivity index (χ0) is 23.2. The molecule has 1 saturated heterocycles. The highest BCUT2D eigenvalue weighted by atomic mass is 16.5. The Kier molecular flexibility index (Phi) is 13.3. The van der Waals surface area contributed by atoms with Crippen molar-refractivity contribution in [2.45, 2.75) is 148 Å². The molecule has 0 bridgehead atoms. The fourth-order valence-electron chi connectivity index (χ4n) is 4.48. The predicted molar refractivity (Wildman–Crippen MR) is 130 cm³/mol. The molecule has 0 aliphatic carbocycles. The summed E-state index contributed by atoms with van der Waals surface area (Å²) < 4.78 is 6.32. The van der Waals surface area contributed by atoms with Gasteiger partial charge < -0.3 is 15.2 Å². The van der Waals surface area contributed by atoms with Crippen LogP contribution in [-0.2, 0) is 9.53 Å². The molecule has 184 valence electrons. The number of amides is 1. The number of rotatable bonds is 18. The van der Waals surface area contributed by atoms with Crippen molar-refractivity contribution in [1.82, 2.24) is 10.6 Å². The lowest BCUT2D eigenvalue weighted by molar-refractivity contribution is -0.123. The largest absolute Gasteiger partial charge is 0.394 e. The van der Waals surface area contributed by atoms with E-state index < -0.39 is 5.54 Å². The average molecular weight is 441 g/mol. The van der Waals surface area contributed by atoms with Gasteiger partial charge in [0.05, 0.1) is 18.8 Å². The van der Waals surface area contributed by atoms with Crippen LogP contribution in [0, 0.1) is 0 Å². The molecule has 0 aromatic heterocycles. The third-order valence-electron chi connectivity index (χ3n) is 6.32. The highest BCUT2D eigenvalue weighted by molar-refractivity contribution is 5.76. The molecule has 1 heterocycles. The summed E-state index contributed by atoms with van der Waals surface area (Å²) in [6, 6.07) is 0. The van der Waals surface area contributed by atoms with Gasteiger partial charge in [0, 0.05) is 12.0 Å². The Labute approximate surface area is 192 Å². The van der Waals surface area contributed by atoms with Crippen LogP contribution in [0.4, 0.5) is 0 Å². The number of ether oxygens (including phenoxy) is 1. The van der Waals surface area contributed by atoms with Crippen LogP contribution in [0.2, 0.25) is 0 Å². The standard InChI is InChI=1S/C26H52N2O3/c1-6-7-8-9-10-11-12-13-16-19-26(28-25(4,5)22-31-26)20-17-14-15-18-23(30)27-24(2,3)21-29/h28-29H,6-22H2,1-5H3,(H,27,30). The van der Waals surface area contributed by atoms with E-state index >= 15 is 0 Å². The summed E-state index contributed by atoms with van der Waals surface area (Å²) in [6.45, 7) is 11.1. The second-order valence-electron chi connectivity index (χ2n) is 11.0. The average Bonchev–Trinajstić information content (AvgIpc) is 3.01. The van der Waals surface area contributed by atoms with Crippen molar-refractivity contribution >= 4 is 5.91 Å². The highest BCUT2D eigenvalue weighted by Gasteiger charge is 2.42. The van der Waals surface area contributed by atoms with Crippen LogP contribution in [0.1, 0.15) is 131 Å². The topological polar surface area (TPSA) is 70.6 Å². The molecule has 5 heteroatoms. The second kappa shape index (κ2) is 14.5. The van der Waals surface area contributed by atoms with E-state index in [0.29, 0.717) is 6.42 Å². The number of hydrogen-bond donors (Lipinski definition) is 3. The Morgan fingerprint density at radius 1 is 0.935 bits per heavy atom. The van der Waals surface area contributed by atoms with Crippen LogP contribution >= 0.6 is 0 Å². The molecule has 0 radical (unpaired) electrons. The number of aliphatic hydroxyl groups excluding tert-OH is 1. The first-order chi connectivity index (χ1) is 14.6. The number of hydrogen-bond acceptors (Lipinski definition) is 4. The fraction of sp³-hybridized carbons (Fsp3) is 0.962. The molecule has 1 aliphatic rings. The van der Waals surface area contributed by atoms with Crippen molar-refractivity contribution in [2.24, 2.45) is 0 Å². The second-order valence-corrected chi connectivity index (χ2v) is 11.0. The fourth-order valence-corrected chi connectivity index (χ4v) is 4.48. The van der Waals surface area contributed by atoms with Gasteiger partial charge in [-0.3, -0.25) is 10.1 Å². The zero-order valence-corrected chi connectivity index (χ0v) is 21.3. The maximum Gasteiger partial charge on any atom is 0.220 e. The van der Waals surface area contributed by atoms with Gasteiger partial charge in [0.25, 0.3) is 0 Å². The van der Waals surface area contributed by atoms with E-state index in [1.54, 1.807) is 0 Å². The van der Waals surface area contributed by atoms with E-state index in [2.05, 4.69) is 31.4 Å². The molecule has 0 aromatic rings. The molecule has 3 N–H and O–H groups in total. The summed E-state index contributed by atoms with van der Waals surface area (Å²) in [5.74, 6) is 0.0276. The minimum atomic E-state index is -0.538. The number of carbonyl (C=O) groups excluding carboxylic acids is 1. The van der Waals surface area contributed by atoms with E-state index in [4.69, 9.17) is 4.74 Å². The van der Waals surface area contributed by atoms with Gasteiger partial charge >= 0.3 is 0 Å². The molecule has 1 unspecified atom stereocenters. The summed E-state index contributed by atoms with van der Waals surface area (Å²) in [7, 11) is 0. The summed E-state index contributed by atoms with van der Waals surface area (Å²) >= 11 is 0. The van der Waals surface area contributed by atoms with Crippen molar-refractivity contribution in [1.29, 1.82) is 0 Å². The van der Waals surface area contributed by atoms with Crippen molar-refractivity contribution < 1.29 is 14.6 Å². The quantitative estimate of drug-likeness (QED) is 0.234. The normalized spacial score (nSPS) is 20.8. The molecular weight excluding hydrogens is 388 g/mol. The maximum atomic E-state index is 12.0. The number of aliphatic hydroxyl groups is 1. The van der Waals surface area contributed by atoms with Gasteiger partial charge in [-0.05, 0) is 59.8 Å². The monoisotopic (exact) mass is 440 g/mol. The number of nitrogens with one attached hydrogen (secondary N) is 2. The first kappa shape index (κ1) is 28.4. The molecule has 1 rings (SSSR count). The highest BCUT2D eigenvalue weighted by Crippen LogP contribution is 2.33. The molecule has 31 heavy (non-hydrogen) atoms. The van der Waals surface area contributed by atoms with E-state index in [1.807, 2.05) is 13.8 Å². The number of unbranched alkanes of at least 4 members (excludes halogenated alkanes) is 10. The molecule has 0 aromatic carbocycles. The Hall–Kier alpha value is -0.650. The third kappa shape index (κ3) is 12.8. The van der Waals surface area contributed by atoms with Gasteiger partial charge in [0.2, 0.25) is 5.91 Å². The number of carbonyl (C=O) groups is 1. The molecule has 1 atom stereocenters. The Balaban J connectivity index is 2.26. The Morgan fingerprint density at radius 2 is 1.45 bits per heavy atom. The molecule has 5 nitrogen and oxygen atoms in total. The lowest BCUT2D eigenvalue weighted by Gasteiger charge is -2.31. The van der Waals surface area contributed by atoms with Crippen LogP contribution in [-0.4, -0.2) is 41.0 Å². The van der Waals surface area contributed by atoms with E-state index in [-0.39, 0.29) is 23.8 Å². The van der Waals surface area contributed by atoms with Gasteiger partial charge in [-0.2, -0.15) is 0 Å². The van der Waals surface area contributed by atoms with Crippen molar-refractivity contribution in [2.75, 3.05) is 13.2 Å². The van der Waals surface area contributed by atoms with Gasteiger partial charge in [-0.25, -0.2) is 0 Å². The van der Waals surface area contributed by atoms with Crippen LogP contribution < -0.4 is 10.6 Å². The van der Waals surface area contributed by atoms with Crippen molar-refractivity contribution in [3.05, 3.63) is 0 Å². The van der Waals surface area contributed by atoms with Gasteiger partial charge in [0.1, 0.15) is 5.72 Å². The molecule has 1 fully saturated rings. The lowest BCUT2D eigenvalue weighted by Crippen LogP contribution is -2.48. The third-order valence-corrected chi connectivity index (χ3v) is 6.32. The summed E-state index contributed by atoms with van der Waals surface area (Å²) in [6.07, 6.45) is 17.7. The minimum Gasteiger partial charge on any atom is -0.394 e. The van der Waals surface area contributed by atoms with Crippen LogP contribution in [0.5, 0.6) is 0 Å². The molecular formula is C26H52N2O3. The van der Waals surface area contributed by atoms with Gasteiger partial charge in [-0.15, -0.1) is 0 Å². The van der Waals surface area contributed by atoms with E-state index in [0.717, 1.165) is 38.7 Å². The van der Waals surface area contributed by atoms with Gasteiger partial charge in [-0.1, -0.05) is 64.7 Å². The zero-order valence-electron chi connectivity index (χ0n) is 21.3. The van der Waals surface area contributed by atoms with E-state index in [9.17, 15) is 9.90 Å². The Bertz CT molecular complexity index is 493. The molecule has 0 spiro atoms. The van der Waals surface area contributed by atoms with Crippen LogP contribution in [0.25, 0.3) is 0 Å². The lowest BCUT2D eigenvalue weighted by atomic mass is 9.95. The minimum absolute atomic E-state index is 0.0276. The summed E-state index contributed by atoms with van der Waals surface area (Å²) in [5.41, 5.74) is -0.690. The molecule has 1 aliphatic heterocycles. The van der Waals surface area contributed by atoms with Crippen LogP contribution in [0.3, 0.4) is 0 Å². The SMILES string of the molecule is CCCCCCCCCCCC1(CCCCCC(=O)NC(C)(C)CO)NC(C)(C)CO1. The first-order valence-electron chi connectivity index (χ1n) is 13.0. The first-order valence-corrected chi connectivity index (χ1v) is 13.0. The molecule has 0 saturated carbocycles. The summed E-state index contributed by atoms with van der Waals surface area (Å²) in [4.78, 5) is 12.0. The van der Waals surface area contributed by atoms with E-state index in [1.165, 1.54) is 57.8 Å². The van der Waals surface area contributed by atoms with Gasteiger partial charge in [0.15, 0.2) is 0 Å². The smallest absolute Gasteiger partial charge is 0.220 e. The Morgan fingerprint density at radius 3 is 1.94 bits per heavy atom. The van der Waals surface area contributed by atoms with Crippen LogP contribution in [0.15, 0.2) is 0 Å². The summed E-state index contributed by atoms with van der Waals surface area (Å²) in [5, 5.41) is 15.9. The van der Waals surface area contributed by atoms with Crippen molar-refractivity contribution in [3.8, 4) is 0 Å². The maximum absolute atomic E-state index is 12.0. The predicted octanol–water partition coefficient (Wildman–Crippen LogP) is 5.84.